The molecule has 12 heteroatoms. The van der Waals surface area contributed by atoms with Gasteiger partial charge in [-0.3, -0.25) is 24.0 Å². The number of carbonyl (C=O) groups is 5. The molecule has 1 aromatic heterocycles. The maximum atomic E-state index is 14.1. The van der Waals surface area contributed by atoms with Crippen LogP contribution in [0.2, 0.25) is 0 Å². The first-order valence-electron chi connectivity index (χ1n) is 18.1. The Hall–Kier alpha value is -4.42. The molecule has 0 saturated carbocycles. The lowest BCUT2D eigenvalue weighted by Gasteiger charge is -2.28. The van der Waals surface area contributed by atoms with E-state index in [1.54, 1.807) is 6.92 Å². The highest BCUT2D eigenvalue weighted by molar-refractivity contribution is 7.09. The van der Waals surface area contributed by atoms with E-state index in [0.29, 0.717) is 38.0 Å². The van der Waals surface area contributed by atoms with Crippen molar-refractivity contribution in [3.8, 4) is 0 Å². The number of ketones is 1. The fourth-order valence-corrected chi connectivity index (χ4v) is 6.64. The van der Waals surface area contributed by atoms with E-state index in [-0.39, 0.29) is 36.4 Å². The van der Waals surface area contributed by atoms with Crippen molar-refractivity contribution in [2.24, 2.45) is 11.8 Å². The summed E-state index contributed by atoms with van der Waals surface area (Å²) in [7, 11) is 0. The Kier molecular flexibility index (Phi) is 14.7. The molecule has 0 aliphatic carbocycles. The number of aryl methyl sites for hydroxylation is 2. The third-order valence-electron chi connectivity index (χ3n) is 8.92. The average molecular weight is 732 g/mol. The van der Waals surface area contributed by atoms with Crippen LogP contribution in [-0.4, -0.2) is 70.8 Å². The van der Waals surface area contributed by atoms with Gasteiger partial charge in [0, 0.05) is 11.8 Å². The summed E-state index contributed by atoms with van der Waals surface area (Å²) in [6.45, 7) is 11.7. The number of hydrogen-bond acceptors (Lipinski definition) is 8. The van der Waals surface area contributed by atoms with Crippen LogP contribution in [0.3, 0.4) is 0 Å². The van der Waals surface area contributed by atoms with Gasteiger partial charge in [-0.1, -0.05) is 88.4 Å². The smallest absolute Gasteiger partial charge is 0.243 e. The number of carbonyl (C=O) groups excluding carboxylic acids is 5. The van der Waals surface area contributed by atoms with Gasteiger partial charge in [-0.15, -0.1) is 11.3 Å². The van der Waals surface area contributed by atoms with Crippen molar-refractivity contribution in [3.05, 3.63) is 87.9 Å². The summed E-state index contributed by atoms with van der Waals surface area (Å²) in [5.41, 5.74) is 1.52. The molecular formula is C40H53N5O6S. The van der Waals surface area contributed by atoms with Gasteiger partial charge in [-0.2, -0.15) is 0 Å². The van der Waals surface area contributed by atoms with Gasteiger partial charge < -0.3 is 26.0 Å². The lowest BCUT2D eigenvalue weighted by atomic mass is 9.93. The average Bonchev–Trinajstić information content (AvgIpc) is 3.73. The van der Waals surface area contributed by atoms with E-state index in [9.17, 15) is 24.0 Å². The van der Waals surface area contributed by atoms with Crippen molar-refractivity contribution >= 4 is 40.7 Å². The predicted octanol–water partition coefficient (Wildman–Crippen LogP) is 4.26. The van der Waals surface area contributed by atoms with Gasteiger partial charge in [0.1, 0.15) is 23.7 Å². The molecule has 52 heavy (non-hydrogen) atoms. The third kappa shape index (κ3) is 12.7. The fraction of sp³-hybridized carbons (Fsp3) is 0.500. The minimum Gasteiger partial charge on any atom is -0.361 e. The molecule has 4 rings (SSSR count). The Morgan fingerprint density at radius 3 is 1.83 bits per heavy atom. The summed E-state index contributed by atoms with van der Waals surface area (Å²) in [5, 5.41) is 14.2. The van der Waals surface area contributed by atoms with E-state index in [4.69, 9.17) is 4.74 Å². The summed E-state index contributed by atoms with van der Waals surface area (Å²) < 4.78 is 5.40. The normalized spacial score (nSPS) is 17.5. The molecule has 4 N–H and O–H groups in total. The van der Waals surface area contributed by atoms with Gasteiger partial charge in [0.25, 0.3) is 0 Å². The van der Waals surface area contributed by atoms with Crippen LogP contribution in [0.4, 0.5) is 0 Å². The van der Waals surface area contributed by atoms with Crippen molar-refractivity contribution < 1.29 is 28.7 Å². The SMILES string of the molecule is Cc1nc(CC(=O)NC(CCc2ccccc2)C(=O)NC(CC(C)C)C(=O)NC(Cc2ccccc2)C(=O)NC(CC(C)C)C(=O)C2(C)CO2)cs1. The van der Waals surface area contributed by atoms with Crippen molar-refractivity contribution in [1.29, 1.82) is 0 Å². The van der Waals surface area contributed by atoms with Crippen molar-refractivity contribution in [1.82, 2.24) is 26.3 Å². The van der Waals surface area contributed by atoms with Gasteiger partial charge in [-0.25, -0.2) is 4.98 Å². The van der Waals surface area contributed by atoms with E-state index >= 15 is 0 Å². The molecule has 0 spiro atoms. The van der Waals surface area contributed by atoms with E-state index < -0.39 is 47.5 Å². The van der Waals surface area contributed by atoms with Crippen LogP contribution >= 0.6 is 11.3 Å². The van der Waals surface area contributed by atoms with Crippen LogP contribution in [0.15, 0.2) is 66.0 Å². The molecule has 280 valence electrons. The number of epoxide rings is 1. The Balaban J connectivity index is 1.53. The van der Waals surface area contributed by atoms with E-state index in [1.165, 1.54) is 11.3 Å². The molecule has 1 aliphatic heterocycles. The number of rotatable bonds is 20. The van der Waals surface area contributed by atoms with Crippen LogP contribution in [-0.2, 0) is 48.0 Å². The van der Waals surface area contributed by atoms with Gasteiger partial charge >= 0.3 is 0 Å². The highest BCUT2D eigenvalue weighted by atomic mass is 32.1. The second-order valence-corrected chi connectivity index (χ2v) is 15.8. The molecule has 11 nitrogen and oxygen atoms in total. The number of nitrogens with zero attached hydrogens (tertiary/aromatic N) is 1. The van der Waals surface area contributed by atoms with Gasteiger partial charge in [0.2, 0.25) is 23.6 Å². The zero-order chi connectivity index (χ0) is 37.8. The molecule has 1 fully saturated rings. The minimum absolute atomic E-state index is 0.00930. The molecule has 2 heterocycles. The van der Waals surface area contributed by atoms with Crippen molar-refractivity contribution in [2.75, 3.05) is 6.61 Å². The molecule has 5 unspecified atom stereocenters. The second-order valence-electron chi connectivity index (χ2n) is 14.7. The van der Waals surface area contributed by atoms with Crippen LogP contribution in [0, 0.1) is 18.8 Å². The number of Topliss-reactive ketones (excluding diaryl/α,β-unsaturated/α-hetero) is 1. The van der Waals surface area contributed by atoms with Gasteiger partial charge in [0.15, 0.2) is 5.78 Å². The lowest BCUT2D eigenvalue weighted by Crippen LogP contribution is -2.59. The monoisotopic (exact) mass is 731 g/mol. The zero-order valence-electron chi connectivity index (χ0n) is 31.1. The Morgan fingerprint density at radius 2 is 1.27 bits per heavy atom. The first-order chi connectivity index (χ1) is 24.7. The standard InChI is InChI=1S/C40H53N5O6S/c1-25(2)19-32(36(47)40(6)24-51-40)43-39(50)34(21-29-15-11-8-12-16-29)45-38(49)33(20-26(3)4)44-37(48)31(18-17-28-13-9-7-10-14-28)42-35(46)22-30-23-52-27(5)41-30/h7-16,23,25-26,31-34H,17-22,24H2,1-6H3,(H,42,46)(H,43,50)(H,44,48)(H,45,49). The maximum absolute atomic E-state index is 14.1. The molecule has 1 saturated heterocycles. The summed E-state index contributed by atoms with van der Waals surface area (Å²) in [5.74, 6) is -1.95. The number of amides is 4. The number of aromatic nitrogens is 1. The quantitative estimate of drug-likeness (QED) is 0.127. The Morgan fingerprint density at radius 1 is 0.750 bits per heavy atom. The molecule has 0 radical (unpaired) electrons. The highest BCUT2D eigenvalue weighted by Crippen LogP contribution is 2.29. The lowest BCUT2D eigenvalue weighted by molar-refractivity contribution is -0.135. The van der Waals surface area contributed by atoms with Crippen LogP contribution in [0.1, 0.15) is 75.7 Å². The molecule has 2 aromatic carbocycles. The molecule has 4 amide bonds. The van der Waals surface area contributed by atoms with E-state index in [1.807, 2.05) is 101 Å². The predicted molar refractivity (Wildman–Crippen MR) is 201 cm³/mol. The van der Waals surface area contributed by atoms with Crippen LogP contribution in [0.25, 0.3) is 0 Å². The molecular weight excluding hydrogens is 679 g/mol. The number of thiazole rings is 1. The third-order valence-corrected chi connectivity index (χ3v) is 9.74. The topological polar surface area (TPSA) is 159 Å². The highest BCUT2D eigenvalue weighted by Gasteiger charge is 2.50. The summed E-state index contributed by atoms with van der Waals surface area (Å²) in [6, 6.07) is 15.2. The molecule has 0 bridgehead atoms. The zero-order valence-corrected chi connectivity index (χ0v) is 31.9. The Labute approximate surface area is 311 Å². The van der Waals surface area contributed by atoms with Crippen molar-refractivity contribution in [3.63, 3.8) is 0 Å². The Bertz CT molecular complexity index is 1660. The van der Waals surface area contributed by atoms with Crippen LogP contribution < -0.4 is 21.3 Å². The van der Waals surface area contributed by atoms with Crippen molar-refractivity contribution in [2.45, 2.75) is 110 Å². The number of hydrogen-bond donors (Lipinski definition) is 4. The van der Waals surface area contributed by atoms with E-state index in [2.05, 4.69) is 26.3 Å². The molecule has 5 atom stereocenters. The first kappa shape index (κ1) is 40.4. The number of nitrogens with one attached hydrogen (secondary N) is 4. The minimum atomic E-state index is -1.04. The molecule has 3 aromatic rings. The fourth-order valence-electron chi connectivity index (χ4n) is 6.02. The van der Waals surface area contributed by atoms with Gasteiger partial charge in [-0.05, 0) is 62.5 Å². The molecule has 1 aliphatic rings. The summed E-state index contributed by atoms with van der Waals surface area (Å²) in [6.07, 6.45) is 1.73. The van der Waals surface area contributed by atoms with E-state index in [0.717, 1.165) is 16.1 Å². The second kappa shape index (κ2) is 18.9. The van der Waals surface area contributed by atoms with Crippen LogP contribution in [0.5, 0.6) is 0 Å². The summed E-state index contributed by atoms with van der Waals surface area (Å²) in [4.78, 5) is 72.8. The first-order valence-corrected chi connectivity index (χ1v) is 19.0. The largest absolute Gasteiger partial charge is 0.361 e. The van der Waals surface area contributed by atoms with Gasteiger partial charge in [0.05, 0.1) is 29.8 Å². The maximum Gasteiger partial charge on any atom is 0.243 e. The number of ether oxygens (including phenoxy) is 1. The summed E-state index contributed by atoms with van der Waals surface area (Å²) >= 11 is 1.45. The number of benzene rings is 2.